The summed E-state index contributed by atoms with van der Waals surface area (Å²) in [5, 5.41) is 0. The van der Waals surface area contributed by atoms with Crippen molar-refractivity contribution in [1.82, 2.24) is 19.8 Å². The number of aromatic nitrogens is 2. The van der Waals surface area contributed by atoms with Gasteiger partial charge in [-0.1, -0.05) is 49.2 Å². The fourth-order valence-corrected chi connectivity index (χ4v) is 5.58. The van der Waals surface area contributed by atoms with Gasteiger partial charge < -0.3 is 4.98 Å². The van der Waals surface area contributed by atoms with Crippen molar-refractivity contribution in [2.75, 3.05) is 13.1 Å². The molecule has 1 aromatic heterocycles. The highest BCUT2D eigenvalue weighted by Crippen LogP contribution is 2.37. The Kier molecular flexibility index (Phi) is 4.85. The summed E-state index contributed by atoms with van der Waals surface area (Å²) in [4.78, 5) is 13.8. The molecule has 2 saturated carbocycles. The van der Waals surface area contributed by atoms with Crippen LogP contribution in [0, 0.1) is 0 Å². The Labute approximate surface area is 179 Å². The molecule has 156 valence electrons. The standard InChI is InChI=1S/C26H32N4/c1-2-10-25-24(9-1)27-26(28-25)20-13-11-19(12-14-20)17-29-16-15-23(18-29)30(21-5-3-6-21)22-7-4-8-22/h1-2,9-14,21-23H,3-8,15-18H2,(H,27,28). The van der Waals surface area contributed by atoms with E-state index in [-0.39, 0.29) is 0 Å². The van der Waals surface area contributed by atoms with Crippen molar-refractivity contribution in [3.8, 4) is 11.4 Å². The van der Waals surface area contributed by atoms with E-state index in [1.54, 1.807) is 0 Å². The lowest BCUT2D eigenvalue weighted by Crippen LogP contribution is -2.55. The summed E-state index contributed by atoms with van der Waals surface area (Å²) in [6.07, 6.45) is 10.0. The maximum Gasteiger partial charge on any atom is 0.138 e. The fraction of sp³-hybridized carbons (Fsp3) is 0.500. The minimum absolute atomic E-state index is 0.787. The van der Waals surface area contributed by atoms with E-state index in [2.05, 4.69) is 51.2 Å². The van der Waals surface area contributed by atoms with Crippen LogP contribution in [0.1, 0.15) is 50.5 Å². The normalized spacial score (nSPS) is 23.2. The van der Waals surface area contributed by atoms with Gasteiger partial charge in [0.2, 0.25) is 0 Å². The third kappa shape index (κ3) is 3.46. The first-order chi connectivity index (χ1) is 14.8. The minimum atomic E-state index is 0.787. The summed E-state index contributed by atoms with van der Waals surface area (Å²) in [5.74, 6) is 0.959. The topological polar surface area (TPSA) is 35.2 Å². The number of nitrogens with one attached hydrogen (secondary N) is 1. The molecule has 0 spiro atoms. The molecular formula is C26H32N4. The quantitative estimate of drug-likeness (QED) is 0.617. The predicted molar refractivity (Wildman–Crippen MR) is 122 cm³/mol. The van der Waals surface area contributed by atoms with Crippen LogP contribution in [0.2, 0.25) is 0 Å². The van der Waals surface area contributed by atoms with E-state index >= 15 is 0 Å². The van der Waals surface area contributed by atoms with E-state index in [1.165, 1.54) is 63.6 Å². The zero-order valence-electron chi connectivity index (χ0n) is 17.8. The van der Waals surface area contributed by atoms with Gasteiger partial charge in [-0.25, -0.2) is 4.98 Å². The van der Waals surface area contributed by atoms with Crippen LogP contribution in [0.5, 0.6) is 0 Å². The zero-order valence-corrected chi connectivity index (χ0v) is 17.8. The van der Waals surface area contributed by atoms with E-state index in [0.29, 0.717) is 0 Å². The third-order valence-electron chi connectivity index (χ3n) is 7.68. The maximum atomic E-state index is 4.73. The van der Waals surface area contributed by atoms with Crippen LogP contribution in [-0.2, 0) is 6.54 Å². The van der Waals surface area contributed by atoms with E-state index in [9.17, 15) is 0 Å². The van der Waals surface area contributed by atoms with Gasteiger partial charge in [0.05, 0.1) is 11.0 Å². The number of nitrogens with zero attached hydrogens (tertiary/aromatic N) is 3. The molecular weight excluding hydrogens is 368 g/mol. The number of H-pyrrole nitrogens is 1. The van der Waals surface area contributed by atoms with Crippen molar-refractivity contribution in [3.63, 3.8) is 0 Å². The number of hydrogen-bond acceptors (Lipinski definition) is 3. The molecule has 30 heavy (non-hydrogen) atoms. The molecule has 1 saturated heterocycles. The first-order valence-corrected chi connectivity index (χ1v) is 11.9. The molecule has 6 rings (SSSR count). The Morgan fingerprint density at radius 1 is 0.867 bits per heavy atom. The average molecular weight is 401 g/mol. The van der Waals surface area contributed by atoms with Crippen molar-refractivity contribution < 1.29 is 0 Å². The average Bonchev–Trinajstić information content (AvgIpc) is 3.32. The van der Waals surface area contributed by atoms with E-state index in [1.807, 2.05) is 12.1 Å². The summed E-state index contributed by atoms with van der Waals surface area (Å²) < 4.78 is 0. The molecule has 1 unspecified atom stereocenters. The number of hydrogen-bond donors (Lipinski definition) is 1. The van der Waals surface area contributed by atoms with Gasteiger partial charge in [0.1, 0.15) is 5.82 Å². The second kappa shape index (κ2) is 7.82. The van der Waals surface area contributed by atoms with Crippen LogP contribution < -0.4 is 0 Å². The lowest BCUT2D eigenvalue weighted by atomic mass is 9.83. The third-order valence-corrected chi connectivity index (χ3v) is 7.68. The van der Waals surface area contributed by atoms with Gasteiger partial charge in [-0.15, -0.1) is 0 Å². The number of para-hydroxylation sites is 2. The highest BCUT2D eigenvalue weighted by Gasteiger charge is 2.40. The van der Waals surface area contributed by atoms with Crippen molar-refractivity contribution in [2.24, 2.45) is 0 Å². The number of fused-ring (bicyclic) bond motifs is 1. The van der Waals surface area contributed by atoms with Crippen molar-refractivity contribution in [3.05, 3.63) is 54.1 Å². The maximum absolute atomic E-state index is 4.73. The molecule has 1 aliphatic heterocycles. The summed E-state index contributed by atoms with van der Waals surface area (Å²) in [7, 11) is 0. The van der Waals surface area contributed by atoms with Gasteiger partial charge in [-0.3, -0.25) is 9.80 Å². The summed E-state index contributed by atoms with van der Waals surface area (Å²) in [6.45, 7) is 3.56. The number of likely N-dealkylation sites (tertiary alicyclic amines) is 1. The van der Waals surface area contributed by atoms with Gasteiger partial charge >= 0.3 is 0 Å². The second-order valence-corrected chi connectivity index (χ2v) is 9.59. The highest BCUT2D eigenvalue weighted by molar-refractivity contribution is 5.79. The predicted octanol–water partition coefficient (Wildman–Crippen LogP) is 5.21. The monoisotopic (exact) mass is 400 g/mol. The molecule has 0 amide bonds. The molecule has 0 bridgehead atoms. The van der Waals surface area contributed by atoms with Gasteiger partial charge in [-0.2, -0.15) is 0 Å². The molecule has 3 fully saturated rings. The number of rotatable bonds is 6. The number of benzene rings is 2. The van der Waals surface area contributed by atoms with Crippen LogP contribution in [0.4, 0.5) is 0 Å². The van der Waals surface area contributed by atoms with Crippen LogP contribution in [0.25, 0.3) is 22.4 Å². The van der Waals surface area contributed by atoms with Crippen LogP contribution in [0.3, 0.4) is 0 Å². The van der Waals surface area contributed by atoms with Gasteiger partial charge in [0.25, 0.3) is 0 Å². The van der Waals surface area contributed by atoms with E-state index in [4.69, 9.17) is 4.98 Å². The molecule has 4 heteroatoms. The summed E-state index contributed by atoms with van der Waals surface area (Å²) in [5.41, 5.74) is 4.70. The highest BCUT2D eigenvalue weighted by atomic mass is 15.3. The fourth-order valence-electron chi connectivity index (χ4n) is 5.58. The van der Waals surface area contributed by atoms with Crippen molar-refractivity contribution in [2.45, 2.75) is 69.6 Å². The Hall–Kier alpha value is -2.17. The Morgan fingerprint density at radius 2 is 1.60 bits per heavy atom. The van der Waals surface area contributed by atoms with Crippen LogP contribution in [0.15, 0.2) is 48.5 Å². The lowest BCUT2D eigenvalue weighted by Gasteiger charge is -2.49. The van der Waals surface area contributed by atoms with Crippen LogP contribution in [-0.4, -0.2) is 51.0 Å². The van der Waals surface area contributed by atoms with Crippen LogP contribution >= 0.6 is 0 Å². The van der Waals surface area contributed by atoms with Gasteiger partial charge in [-0.05, 0) is 49.8 Å². The molecule has 4 nitrogen and oxygen atoms in total. The molecule has 2 heterocycles. The summed E-state index contributed by atoms with van der Waals surface area (Å²) >= 11 is 0. The first kappa shape index (κ1) is 18.6. The molecule has 0 radical (unpaired) electrons. The zero-order chi connectivity index (χ0) is 19.9. The Balaban J connectivity index is 1.11. The Bertz CT molecular complexity index is 952. The number of imidazole rings is 1. The first-order valence-electron chi connectivity index (χ1n) is 11.9. The molecule has 2 aromatic carbocycles. The lowest BCUT2D eigenvalue weighted by molar-refractivity contribution is 0.00481. The molecule has 3 aliphatic rings. The van der Waals surface area contributed by atoms with E-state index < -0.39 is 0 Å². The molecule has 1 atom stereocenters. The SMILES string of the molecule is c1ccc2[nH]c(-c3ccc(CN4CCC(N(C5CCC5)C5CCC5)C4)cc3)nc2c1. The smallest absolute Gasteiger partial charge is 0.138 e. The Morgan fingerprint density at radius 3 is 2.27 bits per heavy atom. The molecule has 1 N–H and O–H groups in total. The summed E-state index contributed by atoms with van der Waals surface area (Å²) in [6, 6.07) is 19.8. The minimum Gasteiger partial charge on any atom is -0.338 e. The van der Waals surface area contributed by atoms with Gasteiger partial charge in [0.15, 0.2) is 0 Å². The second-order valence-electron chi connectivity index (χ2n) is 9.59. The molecule has 2 aliphatic carbocycles. The molecule has 3 aromatic rings. The van der Waals surface area contributed by atoms with E-state index in [0.717, 1.165) is 47.1 Å². The van der Waals surface area contributed by atoms with Crippen molar-refractivity contribution in [1.29, 1.82) is 0 Å². The van der Waals surface area contributed by atoms with Crippen molar-refractivity contribution >= 4 is 11.0 Å². The number of aromatic amines is 1. The largest absolute Gasteiger partial charge is 0.338 e. The van der Waals surface area contributed by atoms with Gasteiger partial charge in [0, 0.05) is 43.3 Å².